The van der Waals surface area contributed by atoms with E-state index in [1.807, 2.05) is 6.07 Å². The molecule has 0 amide bonds. The first-order valence-electron chi connectivity index (χ1n) is 10.7. The van der Waals surface area contributed by atoms with Crippen LogP contribution in [0.5, 0.6) is 0 Å². The summed E-state index contributed by atoms with van der Waals surface area (Å²) in [5, 5.41) is 20.4. The Kier molecular flexibility index (Phi) is 4.53. The van der Waals surface area contributed by atoms with E-state index in [1.165, 1.54) is 10.8 Å². The summed E-state index contributed by atoms with van der Waals surface area (Å²) in [6, 6.07) is 27.1. The van der Waals surface area contributed by atoms with Crippen LogP contribution in [-0.2, 0) is 5.41 Å². The highest BCUT2D eigenvalue weighted by atomic mass is 15.4. The molecule has 3 N–H and O–H groups in total. The topological polar surface area (TPSA) is 79.7 Å². The van der Waals surface area contributed by atoms with Crippen molar-refractivity contribution in [1.82, 2.24) is 9.78 Å². The van der Waals surface area contributed by atoms with Crippen molar-refractivity contribution in [2.24, 2.45) is 5.73 Å². The number of nitrogens with one attached hydrogen (secondary N) is 1. The molecular formula is C27H25N5. The summed E-state index contributed by atoms with van der Waals surface area (Å²) in [4.78, 5) is 0. The van der Waals surface area contributed by atoms with E-state index in [4.69, 9.17) is 5.73 Å². The fourth-order valence-corrected chi connectivity index (χ4v) is 4.12. The maximum atomic E-state index is 9.85. The van der Waals surface area contributed by atoms with Crippen molar-refractivity contribution in [3.63, 3.8) is 0 Å². The van der Waals surface area contributed by atoms with E-state index in [1.54, 1.807) is 4.68 Å². The summed E-state index contributed by atoms with van der Waals surface area (Å²) >= 11 is 0. The molecule has 0 aliphatic carbocycles. The number of hydrogen-bond acceptors (Lipinski definition) is 4. The van der Waals surface area contributed by atoms with Gasteiger partial charge < -0.3 is 11.1 Å². The molecule has 1 aliphatic rings. The lowest BCUT2D eigenvalue weighted by Gasteiger charge is -2.26. The molecule has 158 valence electrons. The van der Waals surface area contributed by atoms with Crippen molar-refractivity contribution < 1.29 is 0 Å². The first kappa shape index (κ1) is 19.9. The molecule has 1 aliphatic heterocycles. The molecule has 1 unspecified atom stereocenters. The van der Waals surface area contributed by atoms with Crippen LogP contribution >= 0.6 is 0 Å². The Hall–Kier alpha value is -4.04. The van der Waals surface area contributed by atoms with Crippen LogP contribution in [0.3, 0.4) is 0 Å². The van der Waals surface area contributed by atoms with Gasteiger partial charge in [-0.1, -0.05) is 81.4 Å². The number of hydrogen-bond donors (Lipinski definition) is 2. The van der Waals surface area contributed by atoms with Gasteiger partial charge in [-0.05, 0) is 33.5 Å². The van der Waals surface area contributed by atoms with Gasteiger partial charge in [0.2, 0.25) is 0 Å². The Morgan fingerprint density at radius 2 is 1.62 bits per heavy atom. The summed E-state index contributed by atoms with van der Waals surface area (Å²) in [7, 11) is 0. The lowest BCUT2D eigenvalue weighted by atomic mass is 9.92. The minimum absolute atomic E-state index is 0.115. The Labute approximate surface area is 187 Å². The lowest BCUT2D eigenvalue weighted by molar-refractivity contribution is 0.560. The molecule has 1 aromatic heterocycles. The third-order valence-electron chi connectivity index (χ3n) is 6.01. The second-order valence-electron chi connectivity index (χ2n) is 9.25. The van der Waals surface area contributed by atoms with Gasteiger partial charge in [0.1, 0.15) is 17.7 Å². The molecule has 0 saturated carbocycles. The second-order valence-corrected chi connectivity index (χ2v) is 9.25. The molecular weight excluding hydrogens is 394 g/mol. The average molecular weight is 420 g/mol. The zero-order valence-electron chi connectivity index (χ0n) is 18.4. The molecule has 1 atom stereocenters. The van der Waals surface area contributed by atoms with Crippen molar-refractivity contribution >= 4 is 22.4 Å². The van der Waals surface area contributed by atoms with Crippen molar-refractivity contribution in [3.8, 4) is 17.2 Å². The molecule has 32 heavy (non-hydrogen) atoms. The fraction of sp³-hybridized carbons (Fsp3) is 0.185. The fourth-order valence-electron chi connectivity index (χ4n) is 4.12. The standard InChI is InChI=1S/C27H25N5/c1-27(2,3)23-15-24-30-25(22(16-28)26(29)32(24)31-23)19-11-8-18(9-12-19)21-13-10-17-6-4-5-7-20(17)14-21/h4-15,25,30H,29H2,1-3H3. The Morgan fingerprint density at radius 3 is 2.31 bits per heavy atom. The number of nitriles is 1. The number of rotatable bonds is 2. The van der Waals surface area contributed by atoms with Crippen molar-refractivity contribution in [2.45, 2.75) is 32.2 Å². The first-order chi connectivity index (χ1) is 15.3. The van der Waals surface area contributed by atoms with Crippen molar-refractivity contribution in [1.29, 1.82) is 5.26 Å². The zero-order valence-corrected chi connectivity index (χ0v) is 18.4. The van der Waals surface area contributed by atoms with Crippen LogP contribution in [0, 0.1) is 11.3 Å². The van der Waals surface area contributed by atoms with E-state index < -0.39 is 0 Å². The van der Waals surface area contributed by atoms with E-state index in [-0.39, 0.29) is 11.5 Å². The van der Waals surface area contributed by atoms with Crippen LogP contribution in [-0.4, -0.2) is 9.78 Å². The number of anilines is 1. The number of nitrogens with two attached hydrogens (primary N) is 1. The summed E-state index contributed by atoms with van der Waals surface area (Å²) in [6.45, 7) is 6.32. The van der Waals surface area contributed by atoms with Crippen LogP contribution in [0.1, 0.15) is 38.1 Å². The molecule has 2 heterocycles. The molecule has 5 rings (SSSR count). The van der Waals surface area contributed by atoms with E-state index in [2.05, 4.69) is 104 Å². The van der Waals surface area contributed by atoms with Gasteiger partial charge >= 0.3 is 0 Å². The molecule has 3 aromatic carbocycles. The zero-order chi connectivity index (χ0) is 22.5. The monoisotopic (exact) mass is 419 g/mol. The molecule has 5 nitrogen and oxygen atoms in total. The predicted molar refractivity (Wildman–Crippen MR) is 130 cm³/mol. The van der Waals surface area contributed by atoms with Crippen LogP contribution in [0.4, 0.5) is 5.82 Å². The van der Waals surface area contributed by atoms with E-state index in [9.17, 15) is 5.26 Å². The quantitative estimate of drug-likeness (QED) is 0.429. The summed E-state index contributed by atoms with van der Waals surface area (Å²) < 4.78 is 1.64. The smallest absolute Gasteiger partial charge is 0.143 e. The maximum absolute atomic E-state index is 9.85. The van der Waals surface area contributed by atoms with Crippen LogP contribution in [0.2, 0.25) is 0 Å². The lowest BCUT2D eigenvalue weighted by Crippen LogP contribution is -2.26. The number of benzene rings is 3. The predicted octanol–water partition coefficient (Wildman–Crippen LogP) is 5.82. The largest absolute Gasteiger partial charge is 0.383 e. The Bertz CT molecular complexity index is 1390. The molecule has 5 heteroatoms. The summed E-state index contributed by atoms with van der Waals surface area (Å²) in [5.74, 6) is 1.18. The van der Waals surface area contributed by atoms with Gasteiger partial charge in [-0.25, -0.2) is 4.68 Å². The average Bonchev–Trinajstić information content (AvgIpc) is 3.24. The van der Waals surface area contributed by atoms with Crippen molar-refractivity contribution in [3.05, 3.63) is 89.6 Å². The van der Waals surface area contributed by atoms with Gasteiger partial charge in [-0.2, -0.15) is 10.4 Å². The Morgan fingerprint density at radius 1 is 0.938 bits per heavy atom. The third kappa shape index (κ3) is 3.30. The maximum Gasteiger partial charge on any atom is 0.143 e. The number of nitrogens with zero attached hydrogens (tertiary/aromatic N) is 3. The molecule has 4 aromatic rings. The van der Waals surface area contributed by atoms with Gasteiger partial charge in [0.15, 0.2) is 0 Å². The van der Waals surface area contributed by atoms with E-state index in [0.717, 1.165) is 28.2 Å². The first-order valence-corrected chi connectivity index (χ1v) is 10.7. The highest BCUT2D eigenvalue weighted by molar-refractivity contribution is 5.87. The SMILES string of the molecule is CC(C)(C)c1cc2n(n1)C(N)=C(C#N)C(c1ccc(-c3ccc4ccccc4c3)cc1)N2. The second kappa shape index (κ2) is 7.28. The summed E-state index contributed by atoms with van der Waals surface area (Å²) in [6.07, 6.45) is 0. The van der Waals surface area contributed by atoms with Gasteiger partial charge in [0, 0.05) is 11.5 Å². The number of fused-ring (bicyclic) bond motifs is 2. The van der Waals surface area contributed by atoms with Crippen LogP contribution < -0.4 is 11.1 Å². The van der Waals surface area contributed by atoms with E-state index >= 15 is 0 Å². The highest BCUT2D eigenvalue weighted by Crippen LogP contribution is 2.36. The molecule has 0 saturated heterocycles. The van der Waals surface area contributed by atoms with Gasteiger partial charge in [0.25, 0.3) is 0 Å². The van der Waals surface area contributed by atoms with Gasteiger partial charge in [-0.3, -0.25) is 0 Å². The molecule has 0 radical (unpaired) electrons. The minimum Gasteiger partial charge on any atom is -0.383 e. The minimum atomic E-state index is -0.317. The highest BCUT2D eigenvalue weighted by Gasteiger charge is 2.30. The number of aromatic nitrogens is 2. The van der Waals surface area contributed by atoms with Crippen LogP contribution in [0.25, 0.3) is 27.7 Å². The van der Waals surface area contributed by atoms with Gasteiger partial charge in [0.05, 0.1) is 17.3 Å². The normalized spacial score (nSPS) is 15.9. The summed E-state index contributed by atoms with van der Waals surface area (Å²) in [5.41, 5.74) is 10.9. The molecule has 0 bridgehead atoms. The molecule has 0 spiro atoms. The third-order valence-corrected chi connectivity index (χ3v) is 6.01. The Balaban J connectivity index is 1.50. The van der Waals surface area contributed by atoms with Gasteiger partial charge in [-0.15, -0.1) is 0 Å². The van der Waals surface area contributed by atoms with Crippen molar-refractivity contribution in [2.75, 3.05) is 5.32 Å². The van der Waals surface area contributed by atoms with Crippen LogP contribution in [0.15, 0.2) is 78.4 Å². The molecule has 0 fully saturated rings. The van der Waals surface area contributed by atoms with E-state index in [0.29, 0.717) is 11.4 Å².